The van der Waals surface area contributed by atoms with Crippen molar-refractivity contribution in [3.63, 3.8) is 0 Å². The molecule has 112 valence electrons. The molecule has 3 aromatic rings. The Morgan fingerprint density at radius 1 is 1.14 bits per heavy atom. The Hall–Kier alpha value is -2.75. The zero-order valence-corrected chi connectivity index (χ0v) is 12.4. The van der Waals surface area contributed by atoms with E-state index in [4.69, 9.17) is 9.15 Å². The van der Waals surface area contributed by atoms with Crippen LogP contribution in [0.15, 0.2) is 51.7 Å². The predicted octanol–water partition coefficient (Wildman–Crippen LogP) is 3.74. The van der Waals surface area contributed by atoms with Crippen LogP contribution in [0.1, 0.15) is 12.5 Å². The van der Waals surface area contributed by atoms with Crippen LogP contribution in [-0.4, -0.2) is 12.2 Å². The standard InChI is InChI=1S/C18H16O4/c1-3-11-4-9-15-14(10-11)16(19)17(20)18(22-15)12-5-7-13(21-2)8-6-12/h4-10,20H,3H2,1-2H3. The summed E-state index contributed by atoms with van der Waals surface area (Å²) in [7, 11) is 1.58. The van der Waals surface area contributed by atoms with Gasteiger partial charge >= 0.3 is 0 Å². The number of benzene rings is 2. The summed E-state index contributed by atoms with van der Waals surface area (Å²) in [6, 6.07) is 12.4. The number of aryl methyl sites for hydroxylation is 1. The van der Waals surface area contributed by atoms with Gasteiger partial charge in [0.25, 0.3) is 0 Å². The number of hydrogen-bond acceptors (Lipinski definition) is 4. The molecular formula is C18H16O4. The fourth-order valence-electron chi connectivity index (χ4n) is 2.39. The van der Waals surface area contributed by atoms with E-state index in [9.17, 15) is 9.90 Å². The van der Waals surface area contributed by atoms with Crippen molar-refractivity contribution in [2.24, 2.45) is 0 Å². The summed E-state index contributed by atoms with van der Waals surface area (Å²) in [5.41, 5.74) is 1.70. The number of aromatic hydroxyl groups is 1. The van der Waals surface area contributed by atoms with Crippen LogP contribution in [0.2, 0.25) is 0 Å². The maximum Gasteiger partial charge on any atom is 0.235 e. The highest BCUT2D eigenvalue weighted by Crippen LogP contribution is 2.31. The van der Waals surface area contributed by atoms with Crippen LogP contribution in [0.5, 0.6) is 11.5 Å². The summed E-state index contributed by atoms with van der Waals surface area (Å²) in [5.74, 6) is 0.495. The van der Waals surface area contributed by atoms with Crippen molar-refractivity contribution in [2.75, 3.05) is 7.11 Å². The Bertz CT molecular complexity index is 876. The molecule has 2 aromatic carbocycles. The number of rotatable bonds is 3. The van der Waals surface area contributed by atoms with Crippen molar-refractivity contribution in [3.05, 3.63) is 58.3 Å². The fourth-order valence-corrected chi connectivity index (χ4v) is 2.39. The van der Waals surface area contributed by atoms with Gasteiger partial charge in [-0.25, -0.2) is 0 Å². The lowest BCUT2D eigenvalue weighted by Gasteiger charge is -2.07. The van der Waals surface area contributed by atoms with E-state index < -0.39 is 5.43 Å². The third kappa shape index (κ3) is 2.33. The van der Waals surface area contributed by atoms with Gasteiger partial charge in [0.2, 0.25) is 11.2 Å². The maximum atomic E-state index is 12.4. The molecule has 1 N–H and O–H groups in total. The summed E-state index contributed by atoms with van der Waals surface area (Å²) in [5, 5.41) is 10.6. The zero-order chi connectivity index (χ0) is 15.7. The molecule has 1 aromatic heterocycles. The van der Waals surface area contributed by atoms with Crippen LogP contribution in [0.25, 0.3) is 22.3 Å². The van der Waals surface area contributed by atoms with Crippen molar-refractivity contribution >= 4 is 11.0 Å². The SMILES string of the molecule is CCc1ccc2oc(-c3ccc(OC)cc3)c(O)c(=O)c2c1. The lowest BCUT2D eigenvalue weighted by atomic mass is 10.1. The first-order valence-electron chi connectivity index (χ1n) is 7.07. The summed E-state index contributed by atoms with van der Waals surface area (Å²) in [6.07, 6.45) is 0.816. The van der Waals surface area contributed by atoms with E-state index in [1.165, 1.54) is 0 Å². The summed E-state index contributed by atoms with van der Waals surface area (Å²) in [4.78, 5) is 12.4. The fraction of sp³-hybridized carbons (Fsp3) is 0.167. The second kappa shape index (κ2) is 5.56. The normalized spacial score (nSPS) is 10.8. The van der Waals surface area contributed by atoms with Gasteiger partial charge in [0, 0.05) is 5.56 Å². The molecule has 0 aliphatic rings. The predicted molar refractivity (Wildman–Crippen MR) is 85.5 cm³/mol. The number of hydrogen-bond donors (Lipinski definition) is 1. The largest absolute Gasteiger partial charge is 0.502 e. The van der Waals surface area contributed by atoms with Gasteiger partial charge in [0.15, 0.2) is 5.76 Å². The average molecular weight is 296 g/mol. The third-order valence-electron chi connectivity index (χ3n) is 3.69. The van der Waals surface area contributed by atoms with Gasteiger partial charge in [0.05, 0.1) is 12.5 Å². The molecule has 0 unspecified atom stereocenters. The van der Waals surface area contributed by atoms with Crippen molar-refractivity contribution in [1.29, 1.82) is 0 Å². The molecule has 0 saturated heterocycles. The van der Waals surface area contributed by atoms with E-state index in [1.54, 1.807) is 43.5 Å². The Kier molecular flexibility index (Phi) is 3.59. The first-order chi connectivity index (χ1) is 10.6. The second-order valence-electron chi connectivity index (χ2n) is 5.02. The lowest BCUT2D eigenvalue weighted by Crippen LogP contribution is -2.03. The Balaban J connectivity index is 2.22. The number of ether oxygens (including phenoxy) is 1. The Morgan fingerprint density at radius 3 is 2.50 bits per heavy atom. The highest BCUT2D eigenvalue weighted by atomic mass is 16.5. The molecule has 0 fully saturated rings. The minimum atomic E-state index is -0.414. The average Bonchev–Trinajstić information content (AvgIpc) is 2.58. The molecule has 4 heteroatoms. The van der Waals surface area contributed by atoms with Gasteiger partial charge in [-0.3, -0.25) is 4.79 Å². The van der Waals surface area contributed by atoms with Gasteiger partial charge in [-0.1, -0.05) is 13.0 Å². The molecule has 4 nitrogen and oxygen atoms in total. The van der Waals surface area contributed by atoms with Crippen LogP contribution < -0.4 is 10.2 Å². The lowest BCUT2D eigenvalue weighted by molar-refractivity contribution is 0.414. The molecule has 0 aliphatic carbocycles. The van der Waals surface area contributed by atoms with Crippen molar-refractivity contribution in [3.8, 4) is 22.8 Å². The van der Waals surface area contributed by atoms with Gasteiger partial charge in [-0.2, -0.15) is 0 Å². The van der Waals surface area contributed by atoms with E-state index in [-0.39, 0.29) is 11.5 Å². The first kappa shape index (κ1) is 14.2. The summed E-state index contributed by atoms with van der Waals surface area (Å²) >= 11 is 0. The molecule has 0 amide bonds. The maximum absolute atomic E-state index is 12.4. The molecule has 3 rings (SSSR count). The number of methoxy groups -OCH3 is 1. The molecule has 0 spiro atoms. The molecule has 0 radical (unpaired) electrons. The van der Waals surface area contributed by atoms with E-state index in [1.807, 2.05) is 13.0 Å². The minimum Gasteiger partial charge on any atom is -0.502 e. The minimum absolute atomic E-state index is 0.171. The van der Waals surface area contributed by atoms with Gasteiger partial charge in [0.1, 0.15) is 11.3 Å². The molecule has 0 aliphatic heterocycles. The van der Waals surface area contributed by atoms with Gasteiger partial charge in [-0.05, 0) is 48.4 Å². The van der Waals surface area contributed by atoms with Gasteiger partial charge in [-0.15, -0.1) is 0 Å². The van der Waals surface area contributed by atoms with E-state index in [0.717, 1.165) is 12.0 Å². The van der Waals surface area contributed by atoms with Crippen LogP contribution >= 0.6 is 0 Å². The van der Waals surface area contributed by atoms with Gasteiger partial charge < -0.3 is 14.3 Å². The zero-order valence-electron chi connectivity index (χ0n) is 12.4. The monoisotopic (exact) mass is 296 g/mol. The topological polar surface area (TPSA) is 59.7 Å². The van der Waals surface area contributed by atoms with E-state index >= 15 is 0 Å². The highest BCUT2D eigenvalue weighted by molar-refractivity contribution is 5.82. The van der Waals surface area contributed by atoms with Crippen molar-refractivity contribution in [2.45, 2.75) is 13.3 Å². The number of fused-ring (bicyclic) bond motifs is 1. The summed E-state index contributed by atoms with van der Waals surface area (Å²) in [6.45, 7) is 2.01. The highest BCUT2D eigenvalue weighted by Gasteiger charge is 2.15. The molecule has 0 saturated carbocycles. The van der Waals surface area contributed by atoms with Crippen LogP contribution in [0.3, 0.4) is 0 Å². The third-order valence-corrected chi connectivity index (χ3v) is 3.69. The smallest absolute Gasteiger partial charge is 0.235 e. The first-order valence-corrected chi connectivity index (χ1v) is 7.07. The van der Waals surface area contributed by atoms with Crippen LogP contribution in [0.4, 0.5) is 0 Å². The molecule has 0 bridgehead atoms. The molecule has 1 heterocycles. The second-order valence-corrected chi connectivity index (χ2v) is 5.02. The molecule has 0 atom stereocenters. The van der Waals surface area contributed by atoms with Crippen molar-refractivity contribution < 1.29 is 14.3 Å². The van der Waals surface area contributed by atoms with Crippen LogP contribution in [-0.2, 0) is 6.42 Å². The summed E-state index contributed by atoms with van der Waals surface area (Å²) < 4.78 is 10.8. The van der Waals surface area contributed by atoms with Crippen molar-refractivity contribution in [1.82, 2.24) is 0 Å². The van der Waals surface area contributed by atoms with E-state index in [0.29, 0.717) is 22.3 Å². The molecular weight excluding hydrogens is 280 g/mol. The Labute approximate surface area is 127 Å². The quantitative estimate of drug-likeness (QED) is 0.800. The van der Waals surface area contributed by atoms with E-state index in [2.05, 4.69) is 0 Å². The molecule has 22 heavy (non-hydrogen) atoms. The van der Waals surface area contributed by atoms with Crippen LogP contribution in [0, 0.1) is 0 Å². The Morgan fingerprint density at radius 2 is 1.86 bits per heavy atom.